The van der Waals surface area contributed by atoms with E-state index in [0.717, 1.165) is 37.1 Å². The van der Waals surface area contributed by atoms with Crippen LogP contribution in [0.2, 0.25) is 0 Å². The molecule has 0 bridgehead atoms. The number of carbonyl (C=O) groups is 1. The number of likely N-dealkylation sites (tertiary alicyclic amines) is 1. The summed E-state index contributed by atoms with van der Waals surface area (Å²) in [6, 6.07) is 7.60. The van der Waals surface area contributed by atoms with E-state index in [4.69, 9.17) is 9.26 Å². The van der Waals surface area contributed by atoms with Gasteiger partial charge < -0.3 is 14.2 Å². The van der Waals surface area contributed by atoms with E-state index in [9.17, 15) is 4.79 Å². The highest BCUT2D eigenvalue weighted by Gasteiger charge is 2.29. The maximum Gasteiger partial charge on any atom is 0.231 e. The summed E-state index contributed by atoms with van der Waals surface area (Å²) in [7, 11) is 1.64. The van der Waals surface area contributed by atoms with Crippen molar-refractivity contribution >= 4 is 5.91 Å². The number of rotatable bonds is 6. The molecule has 0 unspecified atom stereocenters. The lowest BCUT2D eigenvalue weighted by atomic mass is 9.84. The molecule has 6 heteroatoms. The molecule has 0 radical (unpaired) electrons. The normalized spacial score (nSPS) is 18.5. The van der Waals surface area contributed by atoms with Gasteiger partial charge in [-0.15, -0.1) is 0 Å². The maximum atomic E-state index is 12.8. The number of benzene rings is 1. The molecule has 1 amide bonds. The van der Waals surface area contributed by atoms with Gasteiger partial charge in [-0.3, -0.25) is 4.79 Å². The molecule has 2 atom stereocenters. The monoisotopic (exact) mass is 399 g/mol. The van der Waals surface area contributed by atoms with Crippen molar-refractivity contribution < 1.29 is 14.1 Å². The standard InChI is InChI=1S/C23H33N3O3/c1-16(14-23(2,3)4)13-20(27)26-12-6-7-18(15-26)22-24-21(25-29-22)17-8-10-19(28-5)11-9-17/h8-11,16,18H,6-7,12-15H2,1-5H3/t16-,18-/m0/s1. The fraction of sp³-hybridized carbons (Fsp3) is 0.609. The van der Waals surface area contributed by atoms with Crippen molar-refractivity contribution in [3.8, 4) is 17.1 Å². The zero-order chi connectivity index (χ0) is 21.0. The Hall–Kier alpha value is -2.37. The van der Waals surface area contributed by atoms with Gasteiger partial charge in [0.2, 0.25) is 17.6 Å². The van der Waals surface area contributed by atoms with E-state index in [1.54, 1.807) is 7.11 Å². The number of amides is 1. The molecule has 2 aromatic rings. The molecular weight excluding hydrogens is 366 g/mol. The number of hydrogen-bond donors (Lipinski definition) is 0. The Bertz CT molecular complexity index is 808. The third kappa shape index (κ3) is 5.81. The van der Waals surface area contributed by atoms with Crippen molar-refractivity contribution in [2.75, 3.05) is 20.2 Å². The molecule has 0 spiro atoms. The summed E-state index contributed by atoms with van der Waals surface area (Å²) in [4.78, 5) is 19.4. The van der Waals surface area contributed by atoms with Gasteiger partial charge >= 0.3 is 0 Å². The fourth-order valence-electron chi connectivity index (χ4n) is 4.21. The molecule has 6 nitrogen and oxygen atoms in total. The number of piperidine rings is 1. The van der Waals surface area contributed by atoms with Crippen molar-refractivity contribution in [3.05, 3.63) is 30.2 Å². The summed E-state index contributed by atoms with van der Waals surface area (Å²) in [6.45, 7) is 10.3. The second-order valence-corrected chi connectivity index (χ2v) is 9.44. The lowest BCUT2D eigenvalue weighted by Crippen LogP contribution is -2.40. The molecule has 1 aliphatic rings. The van der Waals surface area contributed by atoms with E-state index >= 15 is 0 Å². The third-order valence-corrected chi connectivity index (χ3v) is 5.40. The Labute approximate surface area is 173 Å². The molecule has 0 N–H and O–H groups in total. The minimum atomic E-state index is 0.102. The molecule has 1 aromatic heterocycles. The average molecular weight is 400 g/mol. The quantitative estimate of drug-likeness (QED) is 0.690. The minimum absolute atomic E-state index is 0.102. The van der Waals surface area contributed by atoms with Crippen molar-refractivity contribution in [1.29, 1.82) is 0 Å². The van der Waals surface area contributed by atoms with Crippen LogP contribution in [-0.2, 0) is 4.79 Å². The predicted molar refractivity (Wildman–Crippen MR) is 113 cm³/mol. The van der Waals surface area contributed by atoms with Crippen molar-refractivity contribution in [2.24, 2.45) is 11.3 Å². The average Bonchev–Trinajstić information content (AvgIpc) is 3.17. The van der Waals surface area contributed by atoms with Crippen LogP contribution in [-0.4, -0.2) is 41.1 Å². The summed E-state index contributed by atoms with van der Waals surface area (Å²) in [6.07, 6.45) is 3.58. The first-order valence-corrected chi connectivity index (χ1v) is 10.5. The Morgan fingerprint density at radius 1 is 1.31 bits per heavy atom. The SMILES string of the molecule is COc1ccc(-c2noc([C@H]3CCCN(C(=O)C[C@H](C)CC(C)(C)C)C3)n2)cc1. The first kappa shape index (κ1) is 21.3. The van der Waals surface area contributed by atoms with E-state index in [-0.39, 0.29) is 17.2 Å². The summed E-state index contributed by atoms with van der Waals surface area (Å²) in [5, 5.41) is 4.15. The number of nitrogens with zero attached hydrogens (tertiary/aromatic N) is 3. The highest BCUT2D eigenvalue weighted by atomic mass is 16.5. The number of methoxy groups -OCH3 is 1. The Morgan fingerprint density at radius 2 is 2.03 bits per heavy atom. The summed E-state index contributed by atoms with van der Waals surface area (Å²) in [5.74, 6) is 2.71. The van der Waals surface area contributed by atoms with Crippen LogP contribution in [0.4, 0.5) is 0 Å². The lowest BCUT2D eigenvalue weighted by Gasteiger charge is -2.32. The van der Waals surface area contributed by atoms with E-state index in [1.807, 2.05) is 29.2 Å². The van der Waals surface area contributed by atoms with Crippen LogP contribution >= 0.6 is 0 Å². The first-order chi connectivity index (χ1) is 13.7. The number of aromatic nitrogens is 2. The van der Waals surface area contributed by atoms with Crippen molar-refractivity contribution in [1.82, 2.24) is 15.0 Å². The number of ether oxygens (including phenoxy) is 1. The zero-order valence-corrected chi connectivity index (χ0v) is 18.3. The Kier molecular flexibility index (Phi) is 6.60. The predicted octanol–water partition coefficient (Wildman–Crippen LogP) is 4.91. The molecule has 29 heavy (non-hydrogen) atoms. The van der Waals surface area contributed by atoms with Gasteiger partial charge in [-0.05, 0) is 54.9 Å². The molecule has 0 saturated carbocycles. The van der Waals surface area contributed by atoms with E-state index in [1.165, 1.54) is 0 Å². The molecule has 1 saturated heterocycles. The van der Waals surface area contributed by atoms with Gasteiger partial charge in [0.15, 0.2) is 0 Å². The van der Waals surface area contributed by atoms with E-state index < -0.39 is 0 Å². The second kappa shape index (κ2) is 8.97. The smallest absolute Gasteiger partial charge is 0.231 e. The van der Waals surface area contributed by atoms with Crippen LogP contribution in [0.5, 0.6) is 5.75 Å². The van der Waals surface area contributed by atoms with Crippen LogP contribution in [0.3, 0.4) is 0 Å². The van der Waals surface area contributed by atoms with Gasteiger partial charge in [-0.2, -0.15) is 4.98 Å². The van der Waals surface area contributed by atoms with Gasteiger partial charge in [-0.1, -0.05) is 32.9 Å². The molecule has 1 aromatic carbocycles. The fourth-order valence-corrected chi connectivity index (χ4v) is 4.21. The van der Waals surface area contributed by atoms with Gasteiger partial charge in [0.25, 0.3) is 0 Å². The Morgan fingerprint density at radius 3 is 2.69 bits per heavy atom. The molecule has 2 heterocycles. The van der Waals surface area contributed by atoms with Crippen molar-refractivity contribution in [2.45, 2.75) is 59.3 Å². The highest BCUT2D eigenvalue weighted by molar-refractivity contribution is 5.76. The van der Waals surface area contributed by atoms with Gasteiger partial charge in [0, 0.05) is 25.1 Å². The van der Waals surface area contributed by atoms with Crippen LogP contribution in [0.15, 0.2) is 28.8 Å². The number of hydrogen-bond acceptors (Lipinski definition) is 5. The van der Waals surface area contributed by atoms with Gasteiger partial charge in [-0.25, -0.2) is 0 Å². The molecule has 1 fully saturated rings. The Balaban J connectivity index is 1.62. The molecule has 0 aliphatic carbocycles. The zero-order valence-electron chi connectivity index (χ0n) is 18.3. The summed E-state index contributed by atoms with van der Waals surface area (Å²) in [5.41, 5.74) is 1.13. The molecular formula is C23H33N3O3. The van der Waals surface area contributed by atoms with Crippen LogP contribution < -0.4 is 4.74 Å². The van der Waals surface area contributed by atoms with E-state index in [2.05, 4.69) is 37.8 Å². The minimum Gasteiger partial charge on any atom is -0.497 e. The highest BCUT2D eigenvalue weighted by Crippen LogP contribution is 2.30. The van der Waals surface area contributed by atoms with E-state index in [0.29, 0.717) is 30.6 Å². The van der Waals surface area contributed by atoms with Crippen LogP contribution in [0.25, 0.3) is 11.4 Å². The molecule has 1 aliphatic heterocycles. The van der Waals surface area contributed by atoms with Crippen molar-refractivity contribution in [3.63, 3.8) is 0 Å². The summed E-state index contributed by atoms with van der Waals surface area (Å²) >= 11 is 0. The largest absolute Gasteiger partial charge is 0.497 e. The summed E-state index contributed by atoms with van der Waals surface area (Å²) < 4.78 is 10.8. The van der Waals surface area contributed by atoms with Crippen LogP contribution in [0.1, 0.15) is 65.2 Å². The van der Waals surface area contributed by atoms with Gasteiger partial charge in [0.05, 0.1) is 13.0 Å². The first-order valence-electron chi connectivity index (χ1n) is 10.5. The topological polar surface area (TPSA) is 68.5 Å². The van der Waals surface area contributed by atoms with Crippen LogP contribution in [0, 0.1) is 11.3 Å². The second-order valence-electron chi connectivity index (χ2n) is 9.44. The van der Waals surface area contributed by atoms with Gasteiger partial charge in [0.1, 0.15) is 5.75 Å². The maximum absolute atomic E-state index is 12.8. The number of carbonyl (C=O) groups excluding carboxylic acids is 1. The molecule has 3 rings (SSSR count). The third-order valence-electron chi connectivity index (χ3n) is 5.40. The molecule has 158 valence electrons. The lowest BCUT2D eigenvalue weighted by molar-refractivity contribution is -0.133.